The zero-order valence-corrected chi connectivity index (χ0v) is 80.1. The molecule has 692 valence electrons. The average Bonchev–Trinajstić information content (AvgIpc) is 1.65. The van der Waals surface area contributed by atoms with Crippen LogP contribution in [0, 0.1) is 22.2 Å². The van der Waals surface area contributed by atoms with Gasteiger partial charge in [-0.25, -0.2) is 23.7 Å². The summed E-state index contributed by atoms with van der Waals surface area (Å²) < 4.78 is 32.7. The van der Waals surface area contributed by atoms with Crippen LogP contribution in [0.15, 0.2) is 146 Å². The number of ether oxygens (including phenoxy) is 5. The fourth-order valence-corrected chi connectivity index (χ4v) is 15.2. The maximum absolute atomic E-state index is 15.7. The van der Waals surface area contributed by atoms with Crippen molar-refractivity contribution in [1.29, 1.82) is 5.26 Å². The third kappa shape index (κ3) is 27.9. The van der Waals surface area contributed by atoms with Crippen molar-refractivity contribution in [2.24, 2.45) is 10.8 Å². The molecule has 2 saturated heterocycles. The molecule has 8 heterocycles. The van der Waals surface area contributed by atoms with E-state index < -0.39 is 166 Å². The number of likely N-dealkylation sites (tertiary alicyclic amines) is 2. The van der Waals surface area contributed by atoms with Crippen molar-refractivity contribution in [1.82, 2.24) is 81.5 Å². The third-order valence-electron chi connectivity index (χ3n) is 22.4. The van der Waals surface area contributed by atoms with Gasteiger partial charge in [0.25, 0.3) is 0 Å². The van der Waals surface area contributed by atoms with Crippen molar-refractivity contribution in [3.8, 4) is 17.6 Å². The molecule has 36 nitrogen and oxygen atoms in total. The summed E-state index contributed by atoms with van der Waals surface area (Å²) >= 11 is 0. The summed E-state index contributed by atoms with van der Waals surface area (Å²) in [5, 5.41) is 49.8. The van der Waals surface area contributed by atoms with Gasteiger partial charge >= 0.3 is 47.7 Å². The Bertz CT molecular complexity index is 5520. The van der Waals surface area contributed by atoms with Gasteiger partial charge in [0.05, 0.1) is 30.5 Å². The summed E-state index contributed by atoms with van der Waals surface area (Å²) in [6.07, 6.45) is 1.28. The van der Waals surface area contributed by atoms with E-state index in [1.807, 2.05) is 84.9 Å². The number of aromatic nitrogens is 6. The van der Waals surface area contributed by atoms with Gasteiger partial charge in [0.2, 0.25) is 47.3 Å². The standard InChI is InChI=1S/C94H119N17O16.N3.Na/c1-55(106(18)88(121)126-93(12,13)14)79(112)100-77(90(3,4)5)85(118)108-51-68-46-75(108)83(116)97-72(44-59-28-34-61-24-20-22-26-63(61)40-59)81(114)96-65(48-95)42-57-30-36-70(37-31-57)123-53-66-49-111(104-102-66)69-47-76(109(52-69)86(119)78(91(6,7)8)101-80(113)56(2)107(19)89(122)127-94(15,16)17)84(117)98-73(45-60-29-35-62-25-21-23-27-64(62)41-60)82(115)99-74(87(120)125-92(9,10)11)43-58-32-38-71(39-33-58)124-54-67-50-110(68)105-103-67;1-3-2;/h20-41,49-50,55-56,65,68-69,72-78H,42-47,51-54H2,1-19H3,(H,96,114)(H,97,116)(H,98,117)(H,99,115)(H,100,112)(H,101,113);;/q;-1;+1/t55-,56-,65-,68-,69-,72-,73-,74-,75-,76-,77+,78+;;/m0../s1. The maximum Gasteiger partial charge on any atom is 1.00 e. The smallest absolute Gasteiger partial charge is 0.487 e. The molecule has 6 aliphatic heterocycles. The number of hydrogen-bond acceptors (Lipinski definition) is 21. The topological polar surface area (TPSA) is 463 Å². The van der Waals surface area contributed by atoms with Crippen LogP contribution >= 0.6 is 0 Å². The summed E-state index contributed by atoms with van der Waals surface area (Å²) in [4.78, 5) is 170. The van der Waals surface area contributed by atoms with Crippen molar-refractivity contribution < 1.29 is 106 Å². The van der Waals surface area contributed by atoms with Crippen molar-refractivity contribution in [2.75, 3.05) is 27.2 Å². The Balaban J connectivity index is 0.00000476. The molecule has 6 aliphatic rings. The normalized spacial score (nSPS) is 20.0. The average molecular weight is 1810 g/mol. The van der Waals surface area contributed by atoms with Gasteiger partial charge in [-0.3, -0.25) is 53.1 Å². The molecule has 12 bridgehead atoms. The van der Waals surface area contributed by atoms with Gasteiger partial charge in [-0.05, 0) is 155 Å². The molecule has 10 amide bonds. The first kappa shape index (κ1) is 102. The van der Waals surface area contributed by atoms with Gasteiger partial charge in [0.1, 0.15) is 113 Å². The van der Waals surface area contributed by atoms with E-state index in [9.17, 15) is 29.2 Å². The van der Waals surface area contributed by atoms with Gasteiger partial charge in [-0.1, -0.05) is 161 Å². The zero-order chi connectivity index (χ0) is 95.2. The summed E-state index contributed by atoms with van der Waals surface area (Å²) in [7, 11) is 2.82. The number of nitriles is 1. The second-order valence-corrected chi connectivity index (χ2v) is 38.4. The minimum atomic E-state index is -1.42. The quantitative estimate of drug-likeness (QED) is 0.0167. The van der Waals surface area contributed by atoms with Crippen LogP contribution < -0.4 is 70.9 Å². The number of nitrogens with one attached hydrogen (secondary N) is 6. The molecular formula is C94H119N20NaO16. The molecule has 0 saturated carbocycles. The molecule has 0 unspecified atom stereocenters. The maximum atomic E-state index is 15.7. The molecule has 2 fully saturated rings. The van der Waals surface area contributed by atoms with Crippen molar-refractivity contribution in [3.63, 3.8) is 0 Å². The summed E-state index contributed by atoms with van der Waals surface area (Å²) in [5.74, 6) is -5.67. The summed E-state index contributed by atoms with van der Waals surface area (Å²) in [6, 6.07) is 28.0. The minimum Gasteiger partial charge on any atom is -0.487 e. The van der Waals surface area contributed by atoms with Crippen LogP contribution in [0.4, 0.5) is 9.59 Å². The fourth-order valence-electron chi connectivity index (χ4n) is 15.2. The van der Waals surface area contributed by atoms with Crippen LogP contribution in [0.2, 0.25) is 0 Å². The minimum absolute atomic E-state index is 0. The number of benzene rings is 6. The van der Waals surface area contributed by atoms with Gasteiger partial charge in [0, 0.05) is 65.7 Å². The molecular weight excluding hydrogens is 1690 g/mol. The Kier molecular flexibility index (Phi) is 33.8. The van der Waals surface area contributed by atoms with Crippen molar-refractivity contribution in [2.45, 2.75) is 259 Å². The predicted molar refractivity (Wildman–Crippen MR) is 482 cm³/mol. The number of carbonyl (C=O) groups excluding carboxylic acids is 11. The third-order valence-corrected chi connectivity index (χ3v) is 22.4. The molecule has 0 radical (unpaired) electrons. The van der Waals surface area contributed by atoms with Crippen LogP contribution in [-0.2, 0) is 96.3 Å². The fraction of sp³-hybridized carbons (Fsp3) is 0.489. The molecule has 0 aliphatic carbocycles. The number of carbonyl (C=O) groups is 11. The second kappa shape index (κ2) is 43.3. The van der Waals surface area contributed by atoms with E-state index >= 15 is 28.8 Å². The number of nitrogens with zero attached hydrogens (tertiary/aromatic N) is 14. The van der Waals surface area contributed by atoms with Crippen LogP contribution in [0.3, 0.4) is 0 Å². The first-order valence-electron chi connectivity index (χ1n) is 43.2. The Morgan fingerprint density at radius 1 is 0.519 bits per heavy atom. The van der Waals surface area contributed by atoms with Gasteiger partial charge < -0.3 is 76.4 Å². The van der Waals surface area contributed by atoms with Crippen molar-refractivity contribution >= 4 is 87.0 Å². The Morgan fingerprint density at radius 3 is 1.25 bits per heavy atom. The number of likely N-dealkylation sites (N-methyl/N-ethyl adjacent to an activating group) is 2. The van der Waals surface area contributed by atoms with Crippen LogP contribution in [-0.4, -0.2) is 219 Å². The van der Waals surface area contributed by atoms with E-state index in [4.69, 9.17) is 34.7 Å². The Labute approximate surface area is 784 Å². The second-order valence-electron chi connectivity index (χ2n) is 38.4. The molecule has 6 N–H and O–H groups in total. The van der Waals surface area contributed by atoms with Crippen LogP contribution in [0.25, 0.3) is 37.5 Å². The number of hydrogen-bond donors (Lipinski definition) is 6. The summed E-state index contributed by atoms with van der Waals surface area (Å²) in [5.41, 5.74) is 11.8. The number of fused-ring (bicyclic) bond motifs is 2. The first-order valence-corrected chi connectivity index (χ1v) is 43.2. The van der Waals surface area contributed by atoms with E-state index in [1.165, 1.54) is 52.0 Å². The molecule has 2 aromatic heterocycles. The molecule has 37 heteroatoms. The Morgan fingerprint density at radius 2 is 0.885 bits per heavy atom. The monoisotopic (exact) mass is 1810 g/mol. The first-order chi connectivity index (χ1) is 61.0. The van der Waals surface area contributed by atoms with E-state index in [1.54, 1.807) is 165 Å². The number of esters is 1. The molecule has 8 aromatic rings. The van der Waals surface area contributed by atoms with Crippen LogP contribution in [0.5, 0.6) is 11.5 Å². The van der Waals surface area contributed by atoms with E-state index in [0.717, 1.165) is 31.3 Å². The van der Waals surface area contributed by atoms with Gasteiger partial charge in [-0.15, -0.1) is 10.2 Å². The molecule has 6 aromatic carbocycles. The molecule has 131 heavy (non-hydrogen) atoms. The van der Waals surface area contributed by atoms with Crippen molar-refractivity contribution in [3.05, 3.63) is 195 Å². The Hall–Kier alpha value is -12.7. The van der Waals surface area contributed by atoms with E-state index in [0.29, 0.717) is 45.1 Å². The largest absolute Gasteiger partial charge is 1.00 e. The molecule has 14 rings (SSSR count). The van der Waals surface area contributed by atoms with E-state index in [2.05, 4.69) is 58.6 Å². The SMILES string of the molecule is C[C@@H](C(=O)N[C@H](C(=O)N1C[C@@H]2C[C@H]1C(=O)N[C@@H](Cc1ccc3ccccc3c1)C(=O)N[C@H](C#N)Cc1ccc(cc1)OCc1cn(nn1)[C@H]1C[C@@H](C(=O)N[C@@H](Cc3ccc4ccccc4c3)C(=O)N[C@H](C(=O)OC(C)(C)C)Cc3ccc(cc3)OCc3cn2nn3)N(C(=O)[C@@H](NC(=O)[C@H](C)N(C)C(=O)OC(C)(C)C)C(C)(C)C)C1)C(C)(C)C)N(C)C(=O)OC(C)(C)C.[N-]=[N+]=[N-].[Na+]. The van der Waals surface area contributed by atoms with E-state index in [-0.39, 0.29) is 94.4 Å². The number of rotatable bonds is 13. The van der Waals surface area contributed by atoms with Gasteiger partial charge in [0.15, 0.2) is 0 Å². The molecule has 12 atom stereocenters. The predicted octanol–water partition coefficient (Wildman–Crippen LogP) is 7.15. The number of amides is 10. The van der Waals surface area contributed by atoms with Crippen LogP contribution in [0.1, 0.15) is 176 Å². The summed E-state index contributed by atoms with van der Waals surface area (Å²) in [6.45, 7) is 28.2. The van der Waals surface area contributed by atoms with Gasteiger partial charge in [-0.2, -0.15) is 5.26 Å². The zero-order valence-electron chi connectivity index (χ0n) is 78.1. The molecule has 0 spiro atoms.